The minimum absolute atomic E-state index is 0.00238. The summed E-state index contributed by atoms with van der Waals surface area (Å²) in [6.07, 6.45) is 12.5. The van der Waals surface area contributed by atoms with E-state index in [1.807, 2.05) is 23.0 Å². The van der Waals surface area contributed by atoms with Crippen LogP contribution in [-0.2, 0) is 25.4 Å². The third-order valence-electron chi connectivity index (χ3n) is 13.1. The van der Waals surface area contributed by atoms with E-state index in [1.54, 1.807) is 7.11 Å². The second kappa shape index (κ2) is 9.22. The van der Waals surface area contributed by atoms with E-state index >= 15 is 0 Å². The van der Waals surface area contributed by atoms with E-state index in [0.717, 1.165) is 63.5 Å². The van der Waals surface area contributed by atoms with Gasteiger partial charge in [0.05, 0.1) is 43.5 Å². The van der Waals surface area contributed by atoms with E-state index < -0.39 is 0 Å². The Morgan fingerprint density at radius 3 is 2.68 bits per heavy atom. The van der Waals surface area contributed by atoms with Crippen LogP contribution in [0.2, 0.25) is 0 Å². The first-order valence-corrected chi connectivity index (χ1v) is 15.6. The summed E-state index contributed by atoms with van der Waals surface area (Å²) in [4.78, 5) is 0. The van der Waals surface area contributed by atoms with Crippen molar-refractivity contribution in [3.63, 3.8) is 0 Å². The van der Waals surface area contributed by atoms with Gasteiger partial charge in [0, 0.05) is 24.5 Å². The Hall–Kier alpha value is -2.06. The lowest BCUT2D eigenvalue weighted by molar-refractivity contribution is -0.201. The zero-order chi connectivity index (χ0) is 28.0. The van der Waals surface area contributed by atoms with Gasteiger partial charge in [-0.15, -0.1) is 0 Å². The molecule has 1 aromatic carbocycles. The van der Waals surface area contributed by atoms with Gasteiger partial charge in [0.1, 0.15) is 12.6 Å². The summed E-state index contributed by atoms with van der Waals surface area (Å²) in [5.41, 5.74) is 5.29. The summed E-state index contributed by atoms with van der Waals surface area (Å²) >= 11 is 0. The first-order chi connectivity index (χ1) is 19.8. The minimum Gasteiger partial charge on any atom is -0.381 e. The molecule has 2 spiro atoms. The Morgan fingerprint density at radius 2 is 1.90 bits per heavy atom. The topological polar surface area (TPSA) is 54.7 Å². The summed E-state index contributed by atoms with van der Waals surface area (Å²) < 4.78 is 40.4. The highest BCUT2D eigenvalue weighted by Crippen LogP contribution is 2.75. The lowest BCUT2D eigenvalue weighted by Crippen LogP contribution is -2.61. The van der Waals surface area contributed by atoms with Gasteiger partial charge in [0.15, 0.2) is 0 Å². The van der Waals surface area contributed by atoms with E-state index in [1.165, 1.54) is 42.5 Å². The Labute approximate surface area is 242 Å². The number of halogens is 1. The molecule has 7 heteroatoms. The smallest absolute Gasteiger partial charge is 0.146 e. The molecule has 2 aromatic rings. The molecule has 8 rings (SSSR count). The maximum Gasteiger partial charge on any atom is 0.146 e. The number of hydrogen-bond donors (Lipinski definition) is 0. The molecular formula is C34H43FN2O4. The number of rotatable bonds is 4. The predicted molar refractivity (Wildman–Crippen MR) is 153 cm³/mol. The quantitative estimate of drug-likeness (QED) is 0.415. The van der Waals surface area contributed by atoms with Crippen LogP contribution < -0.4 is 0 Å². The lowest BCUT2D eigenvalue weighted by atomic mass is 9.42. The van der Waals surface area contributed by atoms with Crippen LogP contribution in [0.15, 0.2) is 36.0 Å². The van der Waals surface area contributed by atoms with E-state index in [4.69, 9.17) is 24.0 Å². The van der Waals surface area contributed by atoms with E-state index in [9.17, 15) is 4.39 Å². The average molecular weight is 563 g/mol. The zero-order valence-electron chi connectivity index (χ0n) is 24.7. The third kappa shape index (κ3) is 3.46. The molecule has 2 saturated heterocycles. The van der Waals surface area contributed by atoms with Crippen molar-refractivity contribution < 1.29 is 23.3 Å². The second-order valence-electron chi connectivity index (χ2n) is 14.5. The number of benzene rings is 1. The fraction of sp³-hybridized carbons (Fsp3) is 0.676. The molecular weight excluding hydrogens is 519 g/mol. The molecule has 3 heterocycles. The number of methoxy groups -OCH3 is 1. The minimum atomic E-state index is -0.227. The SMILES string of the molecule is COCOC1C[C@@]2(C)C(CC[C@@]23COCC32CCOC2)C2CCC3=Cc4c(cnn4-c4ccc(F)cc4)C[C@]3(C)C12. The van der Waals surface area contributed by atoms with Gasteiger partial charge in [0.25, 0.3) is 0 Å². The standard InChI is InChI=1S/C34H43FN2O4/c1-31-15-22-17-36-37(25-7-5-24(35)6-8-25)28(22)14-23(31)4-9-26-27-10-11-34(20-40-19-33(34)12-13-39-18-33)32(27,2)16-29(30(26)31)41-21-38-3/h5-8,14,17,26-27,29-30H,4,9-13,15-16,18-21H2,1-3H3/t26?,27?,29?,30?,31-,32-,33?,34+/m0/s1. The number of aromatic nitrogens is 2. The molecule has 4 aliphatic carbocycles. The number of fused-ring (bicyclic) bond motifs is 8. The van der Waals surface area contributed by atoms with Crippen LogP contribution in [0, 0.1) is 45.2 Å². The van der Waals surface area contributed by atoms with Crippen molar-refractivity contribution in [1.82, 2.24) is 9.78 Å². The molecule has 0 radical (unpaired) electrons. The van der Waals surface area contributed by atoms with Crippen molar-refractivity contribution in [2.24, 2.45) is 39.4 Å². The van der Waals surface area contributed by atoms with Crippen molar-refractivity contribution in [3.05, 3.63) is 53.1 Å². The van der Waals surface area contributed by atoms with E-state index in [0.29, 0.717) is 24.5 Å². The summed E-state index contributed by atoms with van der Waals surface area (Å²) in [5.74, 6) is 1.46. The monoisotopic (exact) mass is 562 g/mol. The number of nitrogens with zero attached hydrogens (tertiary/aromatic N) is 2. The van der Waals surface area contributed by atoms with Crippen molar-refractivity contribution in [2.45, 2.75) is 64.9 Å². The Kier molecular flexibility index (Phi) is 5.97. The normalized spacial score (nSPS) is 42.7. The Morgan fingerprint density at radius 1 is 1.07 bits per heavy atom. The van der Waals surface area contributed by atoms with Crippen molar-refractivity contribution in [3.8, 4) is 5.69 Å². The molecule has 6 aliphatic rings. The van der Waals surface area contributed by atoms with Gasteiger partial charge in [-0.2, -0.15) is 5.10 Å². The fourth-order valence-electron chi connectivity index (χ4n) is 11.3. The van der Waals surface area contributed by atoms with Crippen LogP contribution in [0.5, 0.6) is 0 Å². The highest BCUT2D eigenvalue weighted by Gasteiger charge is 2.73. The average Bonchev–Trinajstić information content (AvgIpc) is 3.74. The van der Waals surface area contributed by atoms with Crippen LogP contribution in [0.4, 0.5) is 4.39 Å². The molecule has 0 N–H and O–H groups in total. The number of ether oxygens (including phenoxy) is 4. The van der Waals surface area contributed by atoms with Gasteiger partial charge in [-0.25, -0.2) is 9.07 Å². The summed E-state index contributed by atoms with van der Waals surface area (Å²) in [6, 6.07) is 6.65. The number of allylic oxidation sites excluding steroid dienone is 1. The largest absolute Gasteiger partial charge is 0.381 e. The Bertz CT molecular complexity index is 1360. The first-order valence-electron chi connectivity index (χ1n) is 15.6. The van der Waals surface area contributed by atoms with Gasteiger partial charge in [0.2, 0.25) is 0 Å². The fourth-order valence-corrected chi connectivity index (χ4v) is 11.3. The highest BCUT2D eigenvalue weighted by molar-refractivity contribution is 5.61. The van der Waals surface area contributed by atoms with E-state index in [-0.39, 0.29) is 33.6 Å². The van der Waals surface area contributed by atoms with Crippen LogP contribution in [-0.4, -0.2) is 56.2 Å². The van der Waals surface area contributed by atoms with Gasteiger partial charge in [-0.1, -0.05) is 19.4 Å². The highest BCUT2D eigenvalue weighted by atomic mass is 19.1. The van der Waals surface area contributed by atoms with Gasteiger partial charge < -0.3 is 18.9 Å². The second-order valence-corrected chi connectivity index (χ2v) is 14.5. The zero-order valence-corrected chi connectivity index (χ0v) is 24.7. The first kappa shape index (κ1) is 26.6. The summed E-state index contributed by atoms with van der Waals surface area (Å²) in [7, 11) is 1.74. The third-order valence-corrected chi connectivity index (χ3v) is 13.1. The molecule has 220 valence electrons. The van der Waals surface area contributed by atoms with Crippen LogP contribution >= 0.6 is 0 Å². The molecule has 8 atom stereocenters. The molecule has 5 unspecified atom stereocenters. The maximum atomic E-state index is 13.6. The summed E-state index contributed by atoms with van der Waals surface area (Å²) in [6.45, 7) is 8.84. The van der Waals surface area contributed by atoms with Gasteiger partial charge in [-0.3, -0.25) is 0 Å². The molecule has 41 heavy (non-hydrogen) atoms. The molecule has 0 bridgehead atoms. The van der Waals surface area contributed by atoms with Crippen LogP contribution in [0.25, 0.3) is 11.8 Å². The van der Waals surface area contributed by atoms with Crippen molar-refractivity contribution in [1.29, 1.82) is 0 Å². The Balaban J connectivity index is 1.18. The van der Waals surface area contributed by atoms with Gasteiger partial charge >= 0.3 is 0 Å². The number of hydrogen-bond acceptors (Lipinski definition) is 5. The van der Waals surface area contributed by atoms with Crippen LogP contribution in [0.3, 0.4) is 0 Å². The van der Waals surface area contributed by atoms with Gasteiger partial charge in [-0.05, 0) is 109 Å². The van der Waals surface area contributed by atoms with Crippen molar-refractivity contribution >= 4 is 6.08 Å². The molecule has 5 fully saturated rings. The molecule has 0 amide bonds. The van der Waals surface area contributed by atoms with E-state index in [2.05, 4.69) is 19.9 Å². The summed E-state index contributed by atoms with van der Waals surface area (Å²) in [5, 5.41) is 4.79. The lowest BCUT2D eigenvalue weighted by Gasteiger charge is -2.63. The molecule has 6 nitrogen and oxygen atoms in total. The van der Waals surface area contributed by atoms with Crippen molar-refractivity contribution in [2.75, 3.05) is 40.3 Å². The molecule has 1 aromatic heterocycles. The van der Waals surface area contributed by atoms with Crippen LogP contribution in [0.1, 0.15) is 63.6 Å². The molecule has 2 aliphatic heterocycles. The predicted octanol–water partition coefficient (Wildman–Crippen LogP) is 6.22. The maximum absolute atomic E-state index is 13.6. The molecule has 3 saturated carbocycles.